The molecule has 4 rings (SSSR count). The lowest BCUT2D eigenvalue weighted by Gasteiger charge is -2.34. The van der Waals surface area contributed by atoms with Gasteiger partial charge in [-0.3, -0.25) is 4.79 Å². The van der Waals surface area contributed by atoms with Gasteiger partial charge in [-0.25, -0.2) is 4.39 Å². The van der Waals surface area contributed by atoms with Gasteiger partial charge in [0, 0.05) is 19.2 Å². The van der Waals surface area contributed by atoms with Crippen LogP contribution in [-0.4, -0.2) is 30.4 Å². The van der Waals surface area contributed by atoms with Crippen LogP contribution in [0.4, 0.5) is 10.1 Å². The number of benzene rings is 2. The van der Waals surface area contributed by atoms with Gasteiger partial charge in [-0.2, -0.15) is 0 Å². The number of carbonyl (C=O) groups is 1. The molecule has 1 heterocycles. The molecule has 2 aromatic carbocycles. The van der Waals surface area contributed by atoms with Gasteiger partial charge in [0.15, 0.2) is 0 Å². The summed E-state index contributed by atoms with van der Waals surface area (Å²) in [6.45, 7) is 4.83. The third kappa shape index (κ3) is 4.22. The molecule has 4 heteroatoms. The van der Waals surface area contributed by atoms with E-state index in [9.17, 15) is 9.18 Å². The smallest absolute Gasteiger partial charge is 0.221 e. The van der Waals surface area contributed by atoms with Crippen LogP contribution in [0.15, 0.2) is 42.5 Å². The van der Waals surface area contributed by atoms with Crippen molar-refractivity contribution in [2.75, 3.05) is 25.0 Å². The molecule has 0 aromatic heterocycles. The van der Waals surface area contributed by atoms with Crippen molar-refractivity contribution >= 4 is 11.6 Å². The molecule has 1 atom stereocenters. The topological polar surface area (TPSA) is 32.3 Å². The molecule has 1 N–H and O–H groups in total. The Bertz CT molecular complexity index is 810. The Morgan fingerprint density at radius 3 is 2.56 bits per heavy atom. The summed E-state index contributed by atoms with van der Waals surface area (Å²) in [5, 5.41) is 2.91. The van der Waals surface area contributed by atoms with Crippen LogP contribution in [0, 0.1) is 5.82 Å². The zero-order chi connectivity index (χ0) is 18.8. The largest absolute Gasteiger partial charge is 0.326 e. The van der Waals surface area contributed by atoms with Gasteiger partial charge >= 0.3 is 0 Å². The molecule has 142 valence electrons. The summed E-state index contributed by atoms with van der Waals surface area (Å²) < 4.78 is 13.1. The van der Waals surface area contributed by atoms with Crippen LogP contribution < -0.4 is 5.32 Å². The Hall–Kier alpha value is -2.20. The van der Waals surface area contributed by atoms with Gasteiger partial charge in [0.1, 0.15) is 5.82 Å². The maximum Gasteiger partial charge on any atom is 0.221 e. The first-order chi connectivity index (χ1) is 13.1. The first kappa shape index (κ1) is 18.2. The summed E-state index contributed by atoms with van der Waals surface area (Å²) in [6, 6.07) is 13.4. The van der Waals surface area contributed by atoms with Gasteiger partial charge in [0.05, 0.1) is 0 Å². The number of anilines is 1. The van der Waals surface area contributed by atoms with Crippen LogP contribution in [0.5, 0.6) is 0 Å². The lowest BCUT2D eigenvalue weighted by Crippen LogP contribution is -2.35. The average molecular weight is 366 g/mol. The fourth-order valence-electron chi connectivity index (χ4n) is 4.65. The second-order valence-corrected chi connectivity index (χ2v) is 7.96. The molecule has 0 radical (unpaired) electrons. The molecule has 1 aliphatic heterocycles. The van der Waals surface area contributed by atoms with Crippen molar-refractivity contribution < 1.29 is 9.18 Å². The Morgan fingerprint density at radius 1 is 1.11 bits per heavy atom. The van der Waals surface area contributed by atoms with E-state index < -0.39 is 0 Å². The maximum absolute atomic E-state index is 13.1. The lowest BCUT2D eigenvalue weighted by atomic mass is 9.89. The zero-order valence-electron chi connectivity index (χ0n) is 15.9. The van der Waals surface area contributed by atoms with Gasteiger partial charge in [0.2, 0.25) is 5.91 Å². The molecule has 1 fully saturated rings. The van der Waals surface area contributed by atoms with Crippen LogP contribution in [0.1, 0.15) is 54.7 Å². The molecular formula is C23H27FN2O. The van der Waals surface area contributed by atoms with Crippen molar-refractivity contribution in [3.05, 3.63) is 65.0 Å². The van der Waals surface area contributed by atoms with Gasteiger partial charge in [-0.05, 0) is 91.6 Å². The minimum Gasteiger partial charge on any atom is -0.326 e. The summed E-state index contributed by atoms with van der Waals surface area (Å²) in [5.74, 6) is 0.919. The highest BCUT2D eigenvalue weighted by molar-refractivity contribution is 5.88. The fraction of sp³-hybridized carbons (Fsp3) is 0.435. The van der Waals surface area contributed by atoms with Gasteiger partial charge in [-0.15, -0.1) is 0 Å². The van der Waals surface area contributed by atoms with Gasteiger partial charge in [0.25, 0.3) is 0 Å². The molecule has 1 amide bonds. The predicted molar refractivity (Wildman–Crippen MR) is 107 cm³/mol. The van der Waals surface area contributed by atoms with Crippen molar-refractivity contribution in [2.45, 2.75) is 44.4 Å². The molecule has 1 saturated heterocycles. The number of halogens is 1. The van der Waals surface area contributed by atoms with Crippen LogP contribution in [0.3, 0.4) is 0 Å². The lowest BCUT2D eigenvalue weighted by molar-refractivity contribution is -0.114. The molecule has 1 aliphatic carbocycles. The van der Waals surface area contributed by atoms with Crippen LogP contribution >= 0.6 is 0 Å². The highest BCUT2D eigenvalue weighted by Gasteiger charge is 2.27. The van der Waals surface area contributed by atoms with Crippen LogP contribution in [-0.2, 0) is 11.2 Å². The minimum absolute atomic E-state index is 0.0210. The predicted octanol–water partition coefficient (Wildman–Crippen LogP) is 4.69. The number of nitrogens with one attached hydrogen (secondary N) is 1. The number of aryl methyl sites for hydroxylation is 1. The molecule has 3 nitrogen and oxygen atoms in total. The summed E-state index contributed by atoms with van der Waals surface area (Å²) in [4.78, 5) is 13.9. The number of amides is 1. The Morgan fingerprint density at radius 2 is 1.85 bits per heavy atom. The molecule has 2 aliphatic rings. The van der Waals surface area contributed by atoms with Crippen molar-refractivity contribution in [3.63, 3.8) is 0 Å². The zero-order valence-corrected chi connectivity index (χ0v) is 15.9. The Labute approximate surface area is 160 Å². The van der Waals surface area contributed by atoms with E-state index in [0.717, 1.165) is 44.6 Å². The second-order valence-electron chi connectivity index (χ2n) is 7.96. The van der Waals surface area contributed by atoms with E-state index in [1.54, 1.807) is 19.1 Å². The standard InChI is InChI=1S/C23H27FN2O/c1-16(27)25-22-9-6-19-2-3-20(23(19)14-22)15-26-12-10-18(11-13-26)17-4-7-21(24)8-5-17/h4-9,14,18,20H,2-3,10-13,15H2,1H3,(H,25,27). The average Bonchev–Trinajstić information content (AvgIpc) is 3.05. The summed E-state index contributed by atoms with van der Waals surface area (Å²) >= 11 is 0. The molecule has 1 unspecified atom stereocenters. The van der Waals surface area contributed by atoms with E-state index in [1.165, 1.54) is 23.1 Å². The number of piperidine rings is 1. The summed E-state index contributed by atoms with van der Waals surface area (Å²) in [6.07, 6.45) is 4.59. The van der Waals surface area contributed by atoms with E-state index in [2.05, 4.69) is 22.3 Å². The first-order valence-corrected chi connectivity index (χ1v) is 9.97. The van der Waals surface area contributed by atoms with E-state index in [0.29, 0.717) is 11.8 Å². The highest BCUT2D eigenvalue weighted by atomic mass is 19.1. The van der Waals surface area contributed by atoms with Crippen molar-refractivity contribution in [1.29, 1.82) is 0 Å². The number of carbonyl (C=O) groups excluding carboxylic acids is 1. The van der Waals surface area contributed by atoms with Crippen molar-refractivity contribution in [1.82, 2.24) is 4.90 Å². The molecule has 0 bridgehead atoms. The quantitative estimate of drug-likeness (QED) is 0.851. The molecule has 27 heavy (non-hydrogen) atoms. The van der Waals surface area contributed by atoms with Crippen molar-refractivity contribution in [3.8, 4) is 0 Å². The van der Waals surface area contributed by atoms with Crippen LogP contribution in [0.2, 0.25) is 0 Å². The Kier molecular flexibility index (Phi) is 5.26. The molecule has 0 spiro atoms. The number of likely N-dealkylation sites (tertiary alicyclic amines) is 1. The third-order valence-corrected chi connectivity index (χ3v) is 6.08. The molecular weight excluding hydrogens is 339 g/mol. The Balaban J connectivity index is 1.36. The van der Waals surface area contributed by atoms with Gasteiger partial charge < -0.3 is 10.2 Å². The number of nitrogens with zero attached hydrogens (tertiary/aromatic N) is 1. The number of fused-ring (bicyclic) bond motifs is 1. The SMILES string of the molecule is CC(=O)Nc1ccc2c(c1)C(CN1CCC(c3ccc(F)cc3)CC1)CC2. The number of rotatable bonds is 4. The first-order valence-electron chi connectivity index (χ1n) is 9.97. The highest BCUT2D eigenvalue weighted by Crippen LogP contribution is 2.37. The number of hydrogen-bond donors (Lipinski definition) is 1. The summed E-state index contributed by atoms with van der Waals surface area (Å²) in [7, 11) is 0. The maximum atomic E-state index is 13.1. The van der Waals surface area contributed by atoms with E-state index in [4.69, 9.17) is 0 Å². The molecule has 0 saturated carbocycles. The van der Waals surface area contributed by atoms with E-state index >= 15 is 0 Å². The minimum atomic E-state index is -0.158. The van der Waals surface area contributed by atoms with E-state index in [-0.39, 0.29) is 11.7 Å². The van der Waals surface area contributed by atoms with Crippen molar-refractivity contribution in [2.24, 2.45) is 0 Å². The fourth-order valence-corrected chi connectivity index (χ4v) is 4.65. The third-order valence-electron chi connectivity index (χ3n) is 6.08. The normalized spacial score (nSPS) is 20.4. The molecule has 2 aromatic rings. The monoisotopic (exact) mass is 366 g/mol. The van der Waals surface area contributed by atoms with E-state index in [1.807, 2.05) is 18.2 Å². The second kappa shape index (κ2) is 7.81. The number of hydrogen-bond acceptors (Lipinski definition) is 2. The van der Waals surface area contributed by atoms with Gasteiger partial charge in [-0.1, -0.05) is 18.2 Å². The van der Waals surface area contributed by atoms with Crippen LogP contribution in [0.25, 0.3) is 0 Å². The summed E-state index contributed by atoms with van der Waals surface area (Å²) in [5.41, 5.74) is 5.00.